The average molecular weight is 311 g/mol. The van der Waals surface area contributed by atoms with Crippen LogP contribution >= 0.6 is 11.6 Å². The Bertz CT molecular complexity index is 1030. The number of carbonyl (C=O) groups is 2. The first-order chi connectivity index (χ1) is 10.7. The highest BCUT2D eigenvalue weighted by atomic mass is 35.5. The van der Waals surface area contributed by atoms with Crippen molar-refractivity contribution < 1.29 is 9.59 Å². The van der Waals surface area contributed by atoms with E-state index in [1.807, 2.05) is 0 Å². The standard InChI is InChI=1S/C17H11ClN2O2/c18-9-4-5-19-17-13(9)15-14-11(22)6-10(21)12(14)7-2-1-3-8(7)16(15)20-17/h4-5H,1-3,6H2,(H,19,20). The molecule has 0 aliphatic heterocycles. The lowest BCUT2D eigenvalue weighted by atomic mass is 9.94. The molecule has 0 saturated heterocycles. The largest absolute Gasteiger partial charge is 0.339 e. The van der Waals surface area contributed by atoms with Crippen LogP contribution < -0.4 is 0 Å². The Balaban J connectivity index is 2.13. The minimum atomic E-state index is -0.0967. The van der Waals surface area contributed by atoms with Gasteiger partial charge in [-0.05, 0) is 36.5 Å². The zero-order valence-electron chi connectivity index (χ0n) is 11.6. The number of carbonyl (C=O) groups excluding carboxylic acids is 2. The minimum absolute atomic E-state index is 0.0224. The number of Topliss-reactive ketones (excluding diaryl/α,β-unsaturated/α-hetero) is 2. The number of hydrogen-bond donors (Lipinski definition) is 1. The summed E-state index contributed by atoms with van der Waals surface area (Å²) in [6.07, 6.45) is 4.42. The van der Waals surface area contributed by atoms with Gasteiger partial charge in [-0.15, -0.1) is 0 Å². The van der Waals surface area contributed by atoms with Crippen LogP contribution in [0.5, 0.6) is 0 Å². The van der Waals surface area contributed by atoms with Gasteiger partial charge in [0.15, 0.2) is 11.6 Å². The van der Waals surface area contributed by atoms with Crippen molar-refractivity contribution in [3.05, 3.63) is 39.5 Å². The fraction of sp³-hybridized carbons (Fsp3) is 0.235. The molecule has 2 aliphatic rings. The first-order valence-corrected chi connectivity index (χ1v) is 7.74. The number of ketones is 2. The number of hydrogen-bond acceptors (Lipinski definition) is 3. The Hall–Kier alpha value is -2.20. The van der Waals surface area contributed by atoms with E-state index in [9.17, 15) is 9.59 Å². The van der Waals surface area contributed by atoms with Gasteiger partial charge in [0.2, 0.25) is 0 Å². The number of aromatic nitrogens is 2. The number of nitrogens with zero attached hydrogens (tertiary/aromatic N) is 1. The molecule has 1 N–H and O–H groups in total. The lowest BCUT2D eigenvalue weighted by Crippen LogP contribution is -2.00. The lowest BCUT2D eigenvalue weighted by molar-refractivity contribution is 0.0923. The molecule has 1 aromatic carbocycles. The van der Waals surface area contributed by atoms with Gasteiger partial charge in [-0.25, -0.2) is 4.98 Å². The Kier molecular flexibility index (Phi) is 2.22. The number of fused-ring (bicyclic) bond motifs is 8. The summed E-state index contributed by atoms with van der Waals surface area (Å²) in [5, 5.41) is 2.11. The van der Waals surface area contributed by atoms with Crippen molar-refractivity contribution in [3.8, 4) is 0 Å². The molecule has 2 heterocycles. The van der Waals surface area contributed by atoms with Gasteiger partial charge in [0.1, 0.15) is 5.65 Å². The summed E-state index contributed by atoms with van der Waals surface area (Å²) < 4.78 is 0. The fourth-order valence-corrected chi connectivity index (χ4v) is 4.27. The smallest absolute Gasteiger partial charge is 0.172 e. The van der Waals surface area contributed by atoms with Crippen LogP contribution in [0.3, 0.4) is 0 Å². The predicted molar refractivity (Wildman–Crippen MR) is 83.9 cm³/mol. The maximum Gasteiger partial charge on any atom is 0.172 e. The van der Waals surface area contributed by atoms with E-state index in [1.165, 1.54) is 0 Å². The number of aromatic amines is 1. The molecule has 0 amide bonds. The van der Waals surface area contributed by atoms with Crippen molar-refractivity contribution in [3.63, 3.8) is 0 Å². The molecule has 0 saturated carbocycles. The zero-order valence-corrected chi connectivity index (χ0v) is 12.4. The van der Waals surface area contributed by atoms with Gasteiger partial charge >= 0.3 is 0 Å². The number of nitrogens with one attached hydrogen (secondary N) is 1. The molecule has 0 fully saturated rings. The lowest BCUT2D eigenvalue weighted by Gasteiger charge is -2.08. The van der Waals surface area contributed by atoms with Gasteiger partial charge < -0.3 is 4.98 Å². The fourth-order valence-electron chi connectivity index (χ4n) is 4.03. The number of rotatable bonds is 0. The second-order valence-electron chi connectivity index (χ2n) is 5.98. The highest BCUT2D eigenvalue weighted by Gasteiger charge is 2.36. The molecule has 2 aromatic heterocycles. The number of aryl methyl sites for hydroxylation is 1. The van der Waals surface area contributed by atoms with Gasteiger partial charge in [0, 0.05) is 28.1 Å². The van der Waals surface area contributed by atoms with Crippen LogP contribution in [0.1, 0.15) is 44.7 Å². The van der Waals surface area contributed by atoms with Crippen molar-refractivity contribution in [2.45, 2.75) is 25.7 Å². The topological polar surface area (TPSA) is 62.8 Å². The normalized spacial score (nSPS) is 16.8. The van der Waals surface area contributed by atoms with Crippen molar-refractivity contribution >= 4 is 45.1 Å². The van der Waals surface area contributed by atoms with Crippen LogP contribution in [0.15, 0.2) is 12.3 Å². The van der Waals surface area contributed by atoms with E-state index in [0.717, 1.165) is 46.7 Å². The van der Waals surface area contributed by atoms with Gasteiger partial charge in [0.05, 0.1) is 17.0 Å². The Morgan fingerprint density at radius 2 is 1.82 bits per heavy atom. The summed E-state index contributed by atoms with van der Waals surface area (Å²) in [7, 11) is 0. The molecule has 5 heteroatoms. The van der Waals surface area contributed by atoms with Crippen molar-refractivity contribution in [2.24, 2.45) is 0 Å². The van der Waals surface area contributed by atoms with E-state index in [1.54, 1.807) is 12.3 Å². The highest BCUT2D eigenvalue weighted by Crippen LogP contribution is 2.43. The molecule has 0 bridgehead atoms. The molecule has 0 atom stereocenters. The Morgan fingerprint density at radius 3 is 2.68 bits per heavy atom. The van der Waals surface area contributed by atoms with Gasteiger partial charge in [-0.1, -0.05) is 11.6 Å². The number of halogens is 1. The molecule has 108 valence electrons. The quantitative estimate of drug-likeness (QED) is 0.645. The first-order valence-electron chi connectivity index (χ1n) is 7.37. The molecular weight excluding hydrogens is 300 g/mol. The predicted octanol–water partition coefficient (Wildman–Crippen LogP) is 3.63. The van der Waals surface area contributed by atoms with Crippen LogP contribution in [0.2, 0.25) is 5.02 Å². The molecule has 3 aromatic rings. The zero-order chi connectivity index (χ0) is 15.0. The van der Waals surface area contributed by atoms with E-state index >= 15 is 0 Å². The second kappa shape index (κ2) is 3.96. The highest BCUT2D eigenvalue weighted by molar-refractivity contribution is 6.40. The molecule has 2 aliphatic carbocycles. The Morgan fingerprint density at radius 1 is 1.05 bits per heavy atom. The molecule has 0 spiro atoms. The SMILES string of the molecule is O=C1CC(=O)c2c1c1c(c3[nH]c4nccc(Cl)c4c23)CCC1. The monoisotopic (exact) mass is 310 g/mol. The summed E-state index contributed by atoms with van der Waals surface area (Å²) in [6.45, 7) is 0. The van der Waals surface area contributed by atoms with Crippen molar-refractivity contribution in [1.82, 2.24) is 9.97 Å². The Labute approximate surface area is 130 Å². The third-order valence-electron chi connectivity index (χ3n) is 4.84. The number of benzene rings is 1. The summed E-state index contributed by atoms with van der Waals surface area (Å²) in [5.41, 5.74) is 5.03. The van der Waals surface area contributed by atoms with Gasteiger partial charge in [-0.3, -0.25) is 9.59 Å². The van der Waals surface area contributed by atoms with Crippen LogP contribution in [-0.4, -0.2) is 21.5 Å². The summed E-state index contributed by atoms with van der Waals surface area (Å²) in [4.78, 5) is 32.5. The maximum atomic E-state index is 12.4. The first kappa shape index (κ1) is 12.4. The van der Waals surface area contributed by atoms with Gasteiger partial charge in [-0.2, -0.15) is 0 Å². The maximum absolute atomic E-state index is 12.4. The molecule has 5 rings (SSSR count). The van der Waals surface area contributed by atoms with E-state index < -0.39 is 0 Å². The number of pyridine rings is 1. The van der Waals surface area contributed by atoms with Crippen LogP contribution in [0.4, 0.5) is 0 Å². The molecule has 4 nitrogen and oxygen atoms in total. The van der Waals surface area contributed by atoms with Crippen molar-refractivity contribution in [1.29, 1.82) is 0 Å². The number of H-pyrrole nitrogens is 1. The second-order valence-corrected chi connectivity index (χ2v) is 6.38. The molecular formula is C17H11ClN2O2. The summed E-state index contributed by atoms with van der Waals surface area (Å²) >= 11 is 6.36. The average Bonchev–Trinajstić information content (AvgIpc) is 3.14. The van der Waals surface area contributed by atoms with Crippen LogP contribution in [-0.2, 0) is 12.8 Å². The van der Waals surface area contributed by atoms with E-state index in [-0.39, 0.29) is 18.0 Å². The molecule has 22 heavy (non-hydrogen) atoms. The van der Waals surface area contributed by atoms with E-state index in [4.69, 9.17) is 11.6 Å². The third kappa shape index (κ3) is 1.32. The van der Waals surface area contributed by atoms with E-state index in [0.29, 0.717) is 21.8 Å². The van der Waals surface area contributed by atoms with Gasteiger partial charge in [0.25, 0.3) is 0 Å². The third-order valence-corrected chi connectivity index (χ3v) is 5.16. The van der Waals surface area contributed by atoms with E-state index in [2.05, 4.69) is 9.97 Å². The van der Waals surface area contributed by atoms with Crippen LogP contribution in [0.25, 0.3) is 21.9 Å². The molecule has 0 unspecified atom stereocenters. The molecule has 0 radical (unpaired) electrons. The summed E-state index contributed by atoms with van der Waals surface area (Å²) in [5.74, 6) is -0.144. The van der Waals surface area contributed by atoms with Crippen molar-refractivity contribution in [2.75, 3.05) is 0 Å². The van der Waals surface area contributed by atoms with Crippen LogP contribution in [0, 0.1) is 0 Å². The minimum Gasteiger partial charge on any atom is -0.339 e. The summed E-state index contributed by atoms with van der Waals surface area (Å²) in [6, 6.07) is 1.72.